The fourth-order valence-electron chi connectivity index (χ4n) is 3.35. The van der Waals surface area contributed by atoms with Crippen LogP contribution in [0.4, 0.5) is 0 Å². The molecule has 0 heterocycles. The molecule has 0 saturated carbocycles. The van der Waals surface area contributed by atoms with Crippen molar-refractivity contribution in [2.75, 3.05) is 0 Å². The number of hydrogen-bond donors (Lipinski definition) is 0. The first-order valence-electron chi connectivity index (χ1n) is 8.97. The molecular formula is C23H14N2O4S. The smallest absolute Gasteiger partial charge is 0.361 e. The lowest BCUT2D eigenvalue weighted by Crippen LogP contribution is -2.20. The van der Waals surface area contributed by atoms with Gasteiger partial charge in [-0.3, -0.25) is 9.59 Å². The van der Waals surface area contributed by atoms with Crippen LogP contribution in [0.1, 0.15) is 31.8 Å². The third kappa shape index (κ3) is 3.12. The summed E-state index contributed by atoms with van der Waals surface area (Å²) in [5.74, 6) is -0.999. The molecule has 0 aliphatic heterocycles. The molecule has 0 bridgehead atoms. The molecular weight excluding hydrogens is 400 g/mol. The largest absolute Gasteiger partial charge is 0.362 e. The van der Waals surface area contributed by atoms with Crippen LogP contribution in [-0.2, 0) is 9.84 Å². The van der Waals surface area contributed by atoms with E-state index in [1.165, 1.54) is 42.5 Å². The zero-order valence-corrected chi connectivity index (χ0v) is 16.3. The Labute approximate surface area is 172 Å². The number of sulfone groups is 1. The molecule has 0 amide bonds. The quantitative estimate of drug-likeness (QED) is 0.369. The molecule has 3 aromatic rings. The van der Waals surface area contributed by atoms with Crippen molar-refractivity contribution < 1.29 is 22.8 Å². The molecule has 0 fully saturated rings. The lowest BCUT2D eigenvalue weighted by molar-refractivity contribution is -0.00436. The Kier molecular flexibility index (Phi) is 4.83. The molecule has 7 heteroatoms. The number of nitrogens with zero attached hydrogens (tertiary/aromatic N) is 2. The summed E-state index contributed by atoms with van der Waals surface area (Å²) in [4.78, 5) is 28.1. The summed E-state index contributed by atoms with van der Waals surface area (Å²) in [6.07, 6.45) is 2.67. The number of carbonyl (C=O) groups is 2. The minimum atomic E-state index is -4.14. The minimum Gasteiger partial charge on any atom is -0.361 e. The van der Waals surface area contributed by atoms with Gasteiger partial charge in [0.15, 0.2) is 5.78 Å². The van der Waals surface area contributed by atoms with Gasteiger partial charge in [-0.15, -0.1) is 0 Å². The molecule has 3 aromatic carbocycles. The molecule has 0 spiro atoms. The maximum absolute atomic E-state index is 13.5. The van der Waals surface area contributed by atoms with Gasteiger partial charge in [0, 0.05) is 28.3 Å². The van der Waals surface area contributed by atoms with Gasteiger partial charge in [-0.05, 0) is 24.3 Å². The Morgan fingerprint density at radius 3 is 2.20 bits per heavy atom. The summed E-state index contributed by atoms with van der Waals surface area (Å²) in [6.45, 7) is 0. The Morgan fingerprint density at radius 1 is 0.800 bits per heavy atom. The van der Waals surface area contributed by atoms with Crippen molar-refractivity contribution in [3.8, 4) is 0 Å². The number of rotatable bonds is 4. The number of fused-ring (bicyclic) bond motifs is 1. The van der Waals surface area contributed by atoms with Gasteiger partial charge in [0.05, 0.1) is 9.79 Å². The van der Waals surface area contributed by atoms with Crippen LogP contribution in [0.15, 0.2) is 88.7 Å². The van der Waals surface area contributed by atoms with Gasteiger partial charge in [-0.1, -0.05) is 54.6 Å². The van der Waals surface area contributed by atoms with Gasteiger partial charge in [0.2, 0.25) is 9.84 Å². The molecule has 0 saturated heterocycles. The summed E-state index contributed by atoms with van der Waals surface area (Å²) in [6, 6.07) is 18.7. The van der Waals surface area contributed by atoms with E-state index in [1.807, 2.05) is 0 Å². The standard InChI is InChI=1S/C23H14N2O4S/c24-25-19-14-13-16-17(23(19)27)10-6-12-20(16)30(28,29)21-11-5-4-9-18(21)22(26)15-7-2-1-3-8-15/h1-14H. The Bertz CT molecular complexity index is 1380. The third-order valence-corrected chi connectivity index (χ3v) is 6.68. The molecule has 0 N–H and O–H groups in total. The summed E-state index contributed by atoms with van der Waals surface area (Å²) in [7, 11) is -4.14. The number of Topliss-reactive ketones (excluding diaryl/α,β-unsaturated/α-hetero) is 1. The molecule has 1 aliphatic carbocycles. The summed E-state index contributed by atoms with van der Waals surface area (Å²) >= 11 is 0. The molecule has 0 aromatic heterocycles. The number of hydrogen-bond acceptors (Lipinski definition) is 4. The van der Waals surface area contributed by atoms with Gasteiger partial charge in [-0.2, -0.15) is 4.79 Å². The van der Waals surface area contributed by atoms with E-state index < -0.39 is 21.4 Å². The van der Waals surface area contributed by atoms with Gasteiger partial charge >= 0.3 is 5.71 Å². The molecule has 4 rings (SSSR count). The van der Waals surface area contributed by atoms with E-state index in [2.05, 4.69) is 4.79 Å². The summed E-state index contributed by atoms with van der Waals surface area (Å²) in [5, 5.41) is 0. The van der Waals surface area contributed by atoms with Crippen LogP contribution in [0.3, 0.4) is 0 Å². The van der Waals surface area contributed by atoms with E-state index in [4.69, 9.17) is 5.53 Å². The monoisotopic (exact) mass is 414 g/mol. The first-order valence-corrected chi connectivity index (χ1v) is 10.4. The van der Waals surface area contributed by atoms with E-state index in [1.54, 1.807) is 42.5 Å². The number of benzene rings is 3. The van der Waals surface area contributed by atoms with Crippen molar-refractivity contribution in [2.45, 2.75) is 9.79 Å². The average molecular weight is 414 g/mol. The first kappa shape index (κ1) is 19.4. The highest BCUT2D eigenvalue weighted by Gasteiger charge is 2.32. The number of ketones is 2. The predicted molar refractivity (Wildman–Crippen MR) is 110 cm³/mol. The van der Waals surface area contributed by atoms with Crippen LogP contribution in [0.25, 0.3) is 11.6 Å². The maximum Gasteiger partial charge on any atom is 0.362 e. The summed E-state index contributed by atoms with van der Waals surface area (Å²) < 4.78 is 27.1. The fourth-order valence-corrected chi connectivity index (χ4v) is 5.03. The highest BCUT2D eigenvalue weighted by molar-refractivity contribution is 7.91. The van der Waals surface area contributed by atoms with Crippen LogP contribution >= 0.6 is 0 Å². The van der Waals surface area contributed by atoms with Crippen molar-refractivity contribution >= 4 is 33.2 Å². The second-order valence-corrected chi connectivity index (χ2v) is 8.45. The van der Waals surface area contributed by atoms with Crippen molar-refractivity contribution in [1.29, 1.82) is 0 Å². The van der Waals surface area contributed by atoms with Gasteiger partial charge in [-0.25, -0.2) is 8.42 Å². The highest BCUT2D eigenvalue weighted by Crippen LogP contribution is 2.32. The number of allylic oxidation sites excluding steroid dienone is 1. The zero-order valence-electron chi connectivity index (χ0n) is 15.5. The topological polar surface area (TPSA) is 105 Å². The Hall–Kier alpha value is -3.93. The van der Waals surface area contributed by atoms with Crippen LogP contribution in [-0.4, -0.2) is 30.5 Å². The lowest BCUT2D eigenvalue weighted by atomic mass is 9.95. The van der Waals surface area contributed by atoms with Crippen molar-refractivity contribution in [3.05, 3.63) is 107 Å². The predicted octanol–water partition coefficient (Wildman–Crippen LogP) is 3.63. The molecule has 0 atom stereocenters. The van der Waals surface area contributed by atoms with E-state index in [0.717, 1.165) is 0 Å². The van der Waals surface area contributed by atoms with E-state index >= 15 is 0 Å². The summed E-state index contributed by atoms with van der Waals surface area (Å²) in [5.41, 5.74) is 9.49. The average Bonchev–Trinajstić information content (AvgIpc) is 2.79. The van der Waals surface area contributed by atoms with Gasteiger partial charge in [0.25, 0.3) is 5.78 Å². The first-order chi connectivity index (χ1) is 14.4. The van der Waals surface area contributed by atoms with Crippen LogP contribution in [0.2, 0.25) is 0 Å². The Morgan fingerprint density at radius 2 is 1.47 bits per heavy atom. The lowest BCUT2D eigenvalue weighted by Gasteiger charge is -2.15. The third-order valence-electron chi connectivity index (χ3n) is 4.81. The van der Waals surface area contributed by atoms with Crippen molar-refractivity contribution in [1.82, 2.24) is 0 Å². The van der Waals surface area contributed by atoms with Crippen LogP contribution in [0, 0.1) is 0 Å². The molecule has 0 radical (unpaired) electrons. The second kappa shape index (κ2) is 7.48. The minimum absolute atomic E-state index is 0.0463. The van der Waals surface area contributed by atoms with Crippen molar-refractivity contribution in [3.63, 3.8) is 0 Å². The van der Waals surface area contributed by atoms with E-state index in [0.29, 0.717) is 5.56 Å². The SMILES string of the molecule is [N-]=[N+]=C1C=Cc2c(cccc2S(=O)(=O)c2ccccc2C(=O)c2ccccc2)C1=O. The maximum atomic E-state index is 13.5. The highest BCUT2D eigenvalue weighted by atomic mass is 32.2. The van der Waals surface area contributed by atoms with E-state index in [9.17, 15) is 18.0 Å². The molecule has 0 unspecified atom stereocenters. The van der Waals surface area contributed by atoms with Gasteiger partial charge < -0.3 is 5.53 Å². The van der Waals surface area contributed by atoms with Gasteiger partial charge in [0.1, 0.15) is 0 Å². The Balaban J connectivity index is 1.91. The molecule has 146 valence electrons. The second-order valence-electron chi connectivity index (χ2n) is 6.56. The molecule has 6 nitrogen and oxygen atoms in total. The van der Waals surface area contributed by atoms with Crippen LogP contribution in [0.5, 0.6) is 0 Å². The molecule has 1 aliphatic rings. The number of carbonyl (C=O) groups excluding carboxylic acids is 2. The van der Waals surface area contributed by atoms with E-state index in [-0.39, 0.29) is 32.2 Å². The van der Waals surface area contributed by atoms with Crippen molar-refractivity contribution in [2.24, 2.45) is 0 Å². The zero-order chi connectivity index (χ0) is 21.3. The fraction of sp³-hybridized carbons (Fsp3) is 0. The molecule has 30 heavy (non-hydrogen) atoms. The van der Waals surface area contributed by atoms with Crippen LogP contribution < -0.4 is 0 Å². The normalized spacial score (nSPS) is 12.9.